The van der Waals surface area contributed by atoms with Crippen molar-refractivity contribution in [3.63, 3.8) is 0 Å². The summed E-state index contributed by atoms with van der Waals surface area (Å²) in [5.74, 6) is -0.211. The van der Waals surface area contributed by atoms with Gasteiger partial charge in [-0.05, 0) is 73.0 Å². The summed E-state index contributed by atoms with van der Waals surface area (Å²) in [6.07, 6.45) is 0.759. The Morgan fingerprint density at radius 1 is 0.967 bits per heavy atom. The van der Waals surface area contributed by atoms with E-state index in [2.05, 4.69) is 10.0 Å². The third-order valence-corrected chi connectivity index (χ3v) is 6.45. The van der Waals surface area contributed by atoms with Gasteiger partial charge in [0.1, 0.15) is 0 Å². The molecule has 2 N–H and O–H groups in total. The van der Waals surface area contributed by atoms with Crippen LogP contribution in [0.15, 0.2) is 77.7 Å². The smallest absolute Gasteiger partial charge is 0.261 e. The van der Waals surface area contributed by atoms with Gasteiger partial charge in [0.2, 0.25) is 0 Å². The first-order chi connectivity index (χ1) is 14.3. The third-order valence-electron chi connectivity index (χ3n) is 4.80. The van der Waals surface area contributed by atoms with Crippen LogP contribution in [0, 0.1) is 6.92 Å². The maximum absolute atomic E-state index is 12.7. The Balaban J connectivity index is 1.71. The molecule has 1 unspecified atom stereocenters. The van der Waals surface area contributed by atoms with Crippen LogP contribution in [-0.4, -0.2) is 14.3 Å². The van der Waals surface area contributed by atoms with Gasteiger partial charge >= 0.3 is 0 Å². The van der Waals surface area contributed by atoms with Crippen LogP contribution in [-0.2, 0) is 10.0 Å². The van der Waals surface area contributed by atoms with Gasteiger partial charge in [-0.2, -0.15) is 0 Å². The largest absolute Gasteiger partial charge is 0.345 e. The molecule has 0 heterocycles. The summed E-state index contributed by atoms with van der Waals surface area (Å²) >= 11 is 5.81. The molecule has 0 aliphatic carbocycles. The number of hydrogen-bond donors (Lipinski definition) is 2. The Hall–Kier alpha value is -2.83. The summed E-state index contributed by atoms with van der Waals surface area (Å²) in [4.78, 5) is 12.8. The standard InChI is InChI=1S/C23H23ClN2O3S/c1-3-22(21-7-5-4-6-16(21)2)25-23(27)17-8-12-19(13-9-17)26-30(28,29)20-14-10-18(24)11-15-20/h4-15,22,26H,3H2,1-2H3,(H,25,27). The van der Waals surface area contributed by atoms with Crippen LogP contribution in [0.5, 0.6) is 0 Å². The molecule has 0 saturated heterocycles. The lowest BCUT2D eigenvalue weighted by Crippen LogP contribution is -2.28. The van der Waals surface area contributed by atoms with E-state index in [0.717, 1.165) is 17.5 Å². The number of carbonyl (C=O) groups excluding carboxylic acids is 1. The van der Waals surface area contributed by atoms with Crippen molar-refractivity contribution in [3.05, 3.63) is 94.5 Å². The van der Waals surface area contributed by atoms with Gasteiger partial charge < -0.3 is 5.32 Å². The van der Waals surface area contributed by atoms with Crippen molar-refractivity contribution in [2.24, 2.45) is 0 Å². The van der Waals surface area contributed by atoms with E-state index in [1.54, 1.807) is 24.3 Å². The number of aryl methyl sites for hydroxylation is 1. The fourth-order valence-corrected chi connectivity index (χ4v) is 4.32. The van der Waals surface area contributed by atoms with E-state index in [1.807, 2.05) is 38.1 Å². The molecule has 7 heteroatoms. The van der Waals surface area contributed by atoms with E-state index >= 15 is 0 Å². The van der Waals surface area contributed by atoms with Gasteiger partial charge in [0.05, 0.1) is 10.9 Å². The highest BCUT2D eigenvalue weighted by molar-refractivity contribution is 7.92. The average molecular weight is 443 g/mol. The van der Waals surface area contributed by atoms with Gasteiger partial charge in [0.25, 0.3) is 15.9 Å². The highest BCUT2D eigenvalue weighted by atomic mass is 35.5. The number of rotatable bonds is 7. The zero-order chi connectivity index (χ0) is 21.7. The molecule has 0 aliphatic rings. The fourth-order valence-electron chi connectivity index (χ4n) is 3.14. The summed E-state index contributed by atoms with van der Waals surface area (Å²) in [7, 11) is -3.74. The summed E-state index contributed by atoms with van der Waals surface area (Å²) < 4.78 is 27.4. The maximum Gasteiger partial charge on any atom is 0.261 e. The van der Waals surface area contributed by atoms with E-state index in [4.69, 9.17) is 11.6 Å². The molecule has 3 aromatic carbocycles. The Bertz CT molecular complexity index is 1130. The molecule has 1 atom stereocenters. The molecule has 3 aromatic rings. The minimum absolute atomic E-state index is 0.0956. The Labute approximate surface area is 182 Å². The summed E-state index contributed by atoms with van der Waals surface area (Å²) in [5.41, 5.74) is 3.03. The normalized spacial score (nSPS) is 12.2. The van der Waals surface area contributed by atoms with Crippen LogP contribution in [0.4, 0.5) is 5.69 Å². The first-order valence-electron chi connectivity index (χ1n) is 9.55. The van der Waals surface area contributed by atoms with E-state index in [1.165, 1.54) is 24.3 Å². The van der Waals surface area contributed by atoms with Crippen LogP contribution in [0.3, 0.4) is 0 Å². The molecule has 0 radical (unpaired) electrons. The van der Waals surface area contributed by atoms with Gasteiger partial charge in [0, 0.05) is 16.3 Å². The minimum Gasteiger partial charge on any atom is -0.345 e. The number of benzene rings is 3. The Kier molecular flexibility index (Phi) is 6.80. The number of nitrogens with one attached hydrogen (secondary N) is 2. The fraction of sp³-hybridized carbons (Fsp3) is 0.174. The molecular formula is C23H23ClN2O3S. The lowest BCUT2D eigenvalue weighted by atomic mass is 9.99. The average Bonchev–Trinajstić information content (AvgIpc) is 2.73. The van der Waals surface area contributed by atoms with Crippen molar-refractivity contribution in [3.8, 4) is 0 Å². The number of anilines is 1. The number of amides is 1. The van der Waals surface area contributed by atoms with Crippen molar-refractivity contribution in [2.45, 2.75) is 31.2 Å². The van der Waals surface area contributed by atoms with E-state index in [-0.39, 0.29) is 16.8 Å². The van der Waals surface area contributed by atoms with Gasteiger partial charge in [-0.1, -0.05) is 42.8 Å². The molecule has 0 spiro atoms. The zero-order valence-electron chi connectivity index (χ0n) is 16.7. The number of sulfonamides is 1. The summed E-state index contributed by atoms with van der Waals surface area (Å²) in [6.45, 7) is 4.04. The predicted octanol–water partition coefficient (Wildman–Crippen LogP) is 5.33. The SMILES string of the molecule is CCC(NC(=O)c1ccc(NS(=O)(=O)c2ccc(Cl)cc2)cc1)c1ccccc1C. The van der Waals surface area contributed by atoms with Crippen LogP contribution < -0.4 is 10.0 Å². The van der Waals surface area contributed by atoms with Gasteiger partial charge in [0.15, 0.2) is 0 Å². The van der Waals surface area contributed by atoms with Crippen molar-refractivity contribution in [1.82, 2.24) is 5.32 Å². The van der Waals surface area contributed by atoms with Crippen LogP contribution in [0.1, 0.15) is 40.9 Å². The van der Waals surface area contributed by atoms with E-state index in [9.17, 15) is 13.2 Å². The summed E-state index contributed by atoms with van der Waals surface area (Å²) in [6, 6.07) is 20.1. The lowest BCUT2D eigenvalue weighted by molar-refractivity contribution is 0.0935. The van der Waals surface area contributed by atoms with Gasteiger partial charge in [-0.3, -0.25) is 9.52 Å². The molecule has 0 fully saturated rings. The molecule has 0 bridgehead atoms. The highest BCUT2D eigenvalue weighted by Gasteiger charge is 2.17. The van der Waals surface area contributed by atoms with Gasteiger partial charge in [-0.15, -0.1) is 0 Å². The molecular weight excluding hydrogens is 420 g/mol. The number of carbonyl (C=O) groups is 1. The molecule has 3 rings (SSSR count). The summed E-state index contributed by atoms with van der Waals surface area (Å²) in [5, 5.41) is 3.51. The first kappa shape index (κ1) is 21.9. The van der Waals surface area contributed by atoms with Crippen LogP contribution in [0.25, 0.3) is 0 Å². The Morgan fingerprint density at radius 3 is 2.20 bits per heavy atom. The van der Waals surface area contributed by atoms with E-state index in [0.29, 0.717) is 16.3 Å². The highest BCUT2D eigenvalue weighted by Crippen LogP contribution is 2.22. The second kappa shape index (κ2) is 9.32. The van der Waals surface area contributed by atoms with E-state index < -0.39 is 10.0 Å². The minimum atomic E-state index is -3.74. The molecule has 0 saturated carbocycles. The Morgan fingerprint density at radius 2 is 1.60 bits per heavy atom. The lowest BCUT2D eigenvalue weighted by Gasteiger charge is -2.19. The number of hydrogen-bond acceptors (Lipinski definition) is 3. The van der Waals surface area contributed by atoms with Crippen molar-refractivity contribution >= 4 is 33.2 Å². The monoisotopic (exact) mass is 442 g/mol. The molecule has 0 aliphatic heterocycles. The topological polar surface area (TPSA) is 75.3 Å². The van der Waals surface area contributed by atoms with Crippen LogP contribution in [0.2, 0.25) is 5.02 Å². The zero-order valence-corrected chi connectivity index (χ0v) is 18.3. The quantitative estimate of drug-likeness (QED) is 0.519. The van der Waals surface area contributed by atoms with Crippen molar-refractivity contribution in [1.29, 1.82) is 0 Å². The number of halogens is 1. The first-order valence-corrected chi connectivity index (χ1v) is 11.4. The van der Waals surface area contributed by atoms with Crippen molar-refractivity contribution < 1.29 is 13.2 Å². The van der Waals surface area contributed by atoms with Crippen molar-refractivity contribution in [2.75, 3.05) is 4.72 Å². The molecule has 156 valence electrons. The molecule has 5 nitrogen and oxygen atoms in total. The maximum atomic E-state index is 12.7. The van der Waals surface area contributed by atoms with Gasteiger partial charge in [-0.25, -0.2) is 8.42 Å². The second-order valence-corrected chi connectivity index (χ2v) is 9.05. The van der Waals surface area contributed by atoms with Crippen LogP contribution >= 0.6 is 11.6 Å². The third kappa shape index (κ3) is 5.20. The predicted molar refractivity (Wildman–Crippen MR) is 120 cm³/mol. The molecule has 0 aromatic heterocycles. The molecule has 30 heavy (non-hydrogen) atoms. The second-order valence-electron chi connectivity index (χ2n) is 6.93. The molecule has 1 amide bonds.